The second kappa shape index (κ2) is 9.21. The molecule has 1 fully saturated rings. The standard InChI is InChI=1S/C23H23ClN6O3S/c1-29-18-7-4-13(21(33)25-11-20(32)30-8-2-3-15(31)12-30)9-17(18)26-22(29)28-23-27-16-6-5-14(24)10-19(16)34-23/h4-7,9-10,15,31H,2-3,8,11-12H2,1H3,(H,25,33)(H,26,27,28)/t15-/m0/s1. The van der Waals surface area contributed by atoms with Crippen LogP contribution in [0.4, 0.5) is 11.1 Å². The summed E-state index contributed by atoms with van der Waals surface area (Å²) in [5.41, 5.74) is 2.76. The first-order chi connectivity index (χ1) is 16.4. The van der Waals surface area contributed by atoms with Crippen LogP contribution in [0.1, 0.15) is 23.2 Å². The van der Waals surface area contributed by atoms with Gasteiger partial charge in [0.15, 0.2) is 5.13 Å². The van der Waals surface area contributed by atoms with Gasteiger partial charge in [-0.2, -0.15) is 0 Å². The summed E-state index contributed by atoms with van der Waals surface area (Å²) in [5.74, 6) is 0.0437. The number of likely N-dealkylation sites (tertiary alicyclic amines) is 1. The van der Waals surface area contributed by atoms with Gasteiger partial charge in [-0.05, 0) is 49.2 Å². The van der Waals surface area contributed by atoms with Crippen molar-refractivity contribution in [3.8, 4) is 0 Å². The van der Waals surface area contributed by atoms with Gasteiger partial charge in [-0.3, -0.25) is 9.59 Å². The van der Waals surface area contributed by atoms with Crippen LogP contribution in [0.2, 0.25) is 5.02 Å². The van der Waals surface area contributed by atoms with E-state index < -0.39 is 6.10 Å². The van der Waals surface area contributed by atoms with Crippen LogP contribution in [0.25, 0.3) is 21.3 Å². The van der Waals surface area contributed by atoms with Gasteiger partial charge in [0.05, 0.1) is 33.9 Å². The highest BCUT2D eigenvalue weighted by Gasteiger charge is 2.22. The molecule has 4 aromatic rings. The topological polar surface area (TPSA) is 112 Å². The molecule has 1 atom stereocenters. The Morgan fingerprint density at radius 1 is 1.21 bits per heavy atom. The van der Waals surface area contributed by atoms with Crippen molar-refractivity contribution in [2.45, 2.75) is 18.9 Å². The Morgan fingerprint density at radius 3 is 2.88 bits per heavy atom. The molecule has 5 rings (SSSR count). The molecule has 2 amide bonds. The zero-order valence-corrected chi connectivity index (χ0v) is 20.0. The number of amides is 2. The van der Waals surface area contributed by atoms with E-state index in [0.29, 0.717) is 46.7 Å². The number of anilines is 2. The van der Waals surface area contributed by atoms with E-state index in [1.807, 2.05) is 29.8 Å². The molecule has 9 nitrogen and oxygen atoms in total. The number of aryl methyl sites for hydroxylation is 1. The minimum atomic E-state index is -0.497. The number of nitrogens with one attached hydrogen (secondary N) is 2. The van der Waals surface area contributed by atoms with Crippen molar-refractivity contribution in [2.24, 2.45) is 7.05 Å². The Hall–Kier alpha value is -3.21. The number of rotatable bonds is 5. The SMILES string of the molecule is Cn1c(Nc2nc3ccc(Cl)cc3s2)nc2cc(C(=O)NCC(=O)N3CCC[C@H](O)C3)ccc21. The van der Waals surface area contributed by atoms with E-state index in [2.05, 4.69) is 20.6 Å². The number of hydrogen-bond acceptors (Lipinski definition) is 7. The quantitative estimate of drug-likeness (QED) is 0.389. The Bertz CT molecular complexity index is 1400. The highest BCUT2D eigenvalue weighted by Crippen LogP contribution is 2.31. The number of fused-ring (bicyclic) bond motifs is 2. The fourth-order valence-electron chi connectivity index (χ4n) is 4.05. The molecule has 34 heavy (non-hydrogen) atoms. The van der Waals surface area contributed by atoms with Crippen molar-refractivity contribution in [1.82, 2.24) is 24.8 Å². The van der Waals surface area contributed by atoms with Crippen molar-refractivity contribution in [3.05, 3.63) is 47.0 Å². The second-order valence-corrected chi connectivity index (χ2v) is 9.74. The lowest BCUT2D eigenvalue weighted by Crippen LogP contribution is -2.46. The predicted molar refractivity (Wildman–Crippen MR) is 133 cm³/mol. The van der Waals surface area contributed by atoms with Crippen molar-refractivity contribution < 1.29 is 14.7 Å². The molecule has 3 heterocycles. The number of halogens is 1. The van der Waals surface area contributed by atoms with E-state index in [0.717, 1.165) is 22.2 Å². The van der Waals surface area contributed by atoms with Gasteiger partial charge in [-0.25, -0.2) is 9.97 Å². The van der Waals surface area contributed by atoms with Crippen LogP contribution in [0.5, 0.6) is 0 Å². The van der Waals surface area contributed by atoms with Crippen molar-refractivity contribution >= 4 is 67.1 Å². The van der Waals surface area contributed by atoms with Gasteiger partial charge >= 0.3 is 0 Å². The average Bonchev–Trinajstić information content (AvgIpc) is 3.36. The summed E-state index contributed by atoms with van der Waals surface area (Å²) < 4.78 is 2.86. The Kier molecular flexibility index (Phi) is 6.11. The number of thiazole rings is 1. The van der Waals surface area contributed by atoms with Gasteiger partial charge in [0.1, 0.15) is 0 Å². The number of β-amino-alcohol motifs (C(OH)–C–C–N with tert-alkyl or cyclic N) is 1. The van der Waals surface area contributed by atoms with E-state index >= 15 is 0 Å². The first kappa shape index (κ1) is 22.6. The molecule has 1 aliphatic heterocycles. The van der Waals surface area contributed by atoms with Gasteiger partial charge in [0.2, 0.25) is 11.9 Å². The zero-order valence-electron chi connectivity index (χ0n) is 18.4. The number of carbonyl (C=O) groups is 2. The van der Waals surface area contributed by atoms with Gasteiger partial charge in [0.25, 0.3) is 5.91 Å². The normalized spacial score (nSPS) is 16.2. The summed E-state index contributed by atoms with van der Waals surface area (Å²) >= 11 is 7.55. The van der Waals surface area contributed by atoms with Crippen LogP contribution in [-0.4, -0.2) is 62.1 Å². The molecule has 0 bridgehead atoms. The van der Waals surface area contributed by atoms with Crippen LogP contribution in [-0.2, 0) is 11.8 Å². The predicted octanol–water partition coefficient (Wildman–Crippen LogP) is 3.29. The number of aromatic nitrogens is 3. The molecule has 11 heteroatoms. The van der Waals surface area contributed by atoms with Crippen molar-refractivity contribution in [3.63, 3.8) is 0 Å². The maximum Gasteiger partial charge on any atom is 0.251 e. The largest absolute Gasteiger partial charge is 0.391 e. The van der Waals surface area contributed by atoms with Gasteiger partial charge in [-0.15, -0.1) is 0 Å². The molecule has 1 aliphatic rings. The number of aliphatic hydroxyl groups excluding tert-OH is 1. The van der Waals surface area contributed by atoms with Crippen LogP contribution in [0.3, 0.4) is 0 Å². The third-order valence-corrected chi connectivity index (χ3v) is 7.03. The number of benzene rings is 2. The minimum Gasteiger partial charge on any atom is -0.391 e. The zero-order chi connectivity index (χ0) is 23.8. The Balaban J connectivity index is 1.29. The molecule has 2 aromatic carbocycles. The fraction of sp³-hybridized carbons (Fsp3) is 0.304. The molecule has 176 valence electrons. The second-order valence-electron chi connectivity index (χ2n) is 8.27. The smallest absolute Gasteiger partial charge is 0.251 e. The van der Waals surface area contributed by atoms with E-state index in [4.69, 9.17) is 11.6 Å². The van der Waals surface area contributed by atoms with Crippen LogP contribution < -0.4 is 10.6 Å². The highest BCUT2D eigenvalue weighted by atomic mass is 35.5. The average molecular weight is 499 g/mol. The lowest BCUT2D eigenvalue weighted by atomic mass is 10.1. The number of hydrogen-bond donors (Lipinski definition) is 3. The molecule has 2 aromatic heterocycles. The van der Waals surface area contributed by atoms with E-state index in [1.165, 1.54) is 11.3 Å². The summed E-state index contributed by atoms with van der Waals surface area (Å²) in [5, 5.41) is 17.0. The van der Waals surface area contributed by atoms with E-state index in [1.54, 1.807) is 23.1 Å². The third-order valence-electron chi connectivity index (χ3n) is 5.86. The Morgan fingerprint density at radius 2 is 2.06 bits per heavy atom. The van der Waals surface area contributed by atoms with Crippen LogP contribution in [0, 0.1) is 0 Å². The molecule has 0 spiro atoms. The first-order valence-electron chi connectivity index (χ1n) is 10.9. The maximum atomic E-state index is 12.6. The van der Waals surface area contributed by atoms with Crippen molar-refractivity contribution in [1.29, 1.82) is 0 Å². The first-order valence-corrected chi connectivity index (χ1v) is 12.1. The summed E-state index contributed by atoms with van der Waals surface area (Å²) in [4.78, 5) is 35.8. The lowest BCUT2D eigenvalue weighted by molar-refractivity contribution is -0.133. The van der Waals surface area contributed by atoms with Crippen LogP contribution in [0.15, 0.2) is 36.4 Å². The third kappa shape index (κ3) is 4.56. The van der Waals surface area contributed by atoms with Gasteiger partial charge in [-0.1, -0.05) is 22.9 Å². The maximum absolute atomic E-state index is 12.6. The number of imidazole rings is 1. The summed E-state index contributed by atoms with van der Waals surface area (Å²) in [6.45, 7) is 0.801. The fourth-order valence-corrected chi connectivity index (χ4v) is 5.19. The number of aliphatic hydroxyl groups is 1. The molecule has 0 aliphatic carbocycles. The molecule has 0 saturated carbocycles. The molecule has 0 unspecified atom stereocenters. The molecule has 0 radical (unpaired) electrons. The monoisotopic (exact) mass is 498 g/mol. The molecule has 1 saturated heterocycles. The minimum absolute atomic E-state index is 0.111. The summed E-state index contributed by atoms with van der Waals surface area (Å²) in [6.07, 6.45) is 0.964. The van der Waals surface area contributed by atoms with Crippen molar-refractivity contribution in [2.75, 3.05) is 25.0 Å². The molecular weight excluding hydrogens is 476 g/mol. The van der Waals surface area contributed by atoms with Crippen LogP contribution >= 0.6 is 22.9 Å². The van der Waals surface area contributed by atoms with E-state index in [9.17, 15) is 14.7 Å². The number of nitrogens with zero attached hydrogens (tertiary/aromatic N) is 4. The molecular formula is C23H23ClN6O3S. The van der Waals surface area contributed by atoms with E-state index in [-0.39, 0.29) is 18.4 Å². The molecule has 3 N–H and O–H groups in total. The summed E-state index contributed by atoms with van der Waals surface area (Å²) in [6, 6.07) is 10.8. The summed E-state index contributed by atoms with van der Waals surface area (Å²) in [7, 11) is 1.88. The van der Waals surface area contributed by atoms with Gasteiger partial charge in [0, 0.05) is 30.7 Å². The number of carbonyl (C=O) groups excluding carboxylic acids is 2. The Labute approximate surface area is 204 Å². The van der Waals surface area contributed by atoms with Gasteiger partial charge < -0.3 is 25.2 Å². The number of piperidine rings is 1. The highest BCUT2D eigenvalue weighted by molar-refractivity contribution is 7.22. The lowest BCUT2D eigenvalue weighted by Gasteiger charge is -2.30.